The van der Waals surface area contributed by atoms with Crippen molar-refractivity contribution in [3.63, 3.8) is 0 Å². The van der Waals surface area contributed by atoms with Crippen LogP contribution in [0.5, 0.6) is 0 Å². The van der Waals surface area contributed by atoms with Gasteiger partial charge < -0.3 is 14.7 Å². The van der Waals surface area contributed by atoms with Crippen LogP contribution >= 0.6 is 0 Å². The van der Waals surface area contributed by atoms with E-state index in [9.17, 15) is 4.79 Å². The fourth-order valence-electron chi connectivity index (χ4n) is 0. The van der Waals surface area contributed by atoms with E-state index in [1.165, 1.54) is 27.7 Å². The molecule has 0 amide bonds. The molecule has 0 heterocycles. The molecule has 12 heavy (non-hydrogen) atoms. The Morgan fingerprint density at radius 2 is 1.42 bits per heavy atom. The zero-order valence-electron chi connectivity index (χ0n) is 8.29. The molecule has 0 saturated carbocycles. The molecule has 0 atom stereocenters. The summed E-state index contributed by atoms with van der Waals surface area (Å²) in [5, 5.41) is 14.3. The summed E-state index contributed by atoms with van der Waals surface area (Å²) in [6.07, 6.45) is 0.750. The summed E-state index contributed by atoms with van der Waals surface area (Å²) < 4.78 is 0. The maximum absolute atomic E-state index is 9.44. The molecule has 0 saturated heterocycles. The molecule has 0 aliphatic heterocycles. The molecule has 0 aliphatic rings. The molecule has 0 rings (SSSR count). The number of carbonyl (C=O) groups is 2. The SMILES string of the molecule is CC#N.CC(C)=O.CC=O.CO. The van der Waals surface area contributed by atoms with Crippen LogP contribution in [0.3, 0.4) is 0 Å². The summed E-state index contributed by atoms with van der Waals surface area (Å²) in [5.41, 5.74) is 0. The number of carbonyl (C=O) groups excluding carboxylic acids is 2. The Labute approximate surface area is 73.8 Å². The Morgan fingerprint density at radius 1 is 1.42 bits per heavy atom. The fourth-order valence-corrected chi connectivity index (χ4v) is 0. The third-order valence-corrected chi connectivity index (χ3v) is 0. The van der Waals surface area contributed by atoms with Crippen molar-refractivity contribution in [2.24, 2.45) is 0 Å². The molecule has 0 fully saturated rings. The van der Waals surface area contributed by atoms with Gasteiger partial charge in [-0.05, 0) is 20.8 Å². The smallest absolute Gasteiger partial charge is 0.126 e. The Hall–Kier alpha value is -1.21. The Kier molecular flexibility index (Phi) is 98.4. The van der Waals surface area contributed by atoms with Crippen LogP contribution in [0.15, 0.2) is 0 Å². The van der Waals surface area contributed by atoms with Crippen LogP contribution in [0.25, 0.3) is 0 Å². The summed E-state index contributed by atoms with van der Waals surface area (Å²) in [4.78, 5) is 18.2. The highest BCUT2D eigenvalue weighted by molar-refractivity contribution is 5.72. The number of Topliss-reactive ketones (excluding diaryl/α,β-unsaturated/α-hetero) is 1. The van der Waals surface area contributed by atoms with E-state index in [-0.39, 0.29) is 5.78 Å². The zero-order chi connectivity index (χ0) is 11.0. The molecule has 72 valence electrons. The number of hydrogen-bond donors (Lipinski definition) is 1. The number of aliphatic hydroxyl groups is 1. The number of aliphatic hydroxyl groups excluding tert-OH is 1. The molecule has 4 nitrogen and oxygen atoms in total. The van der Waals surface area contributed by atoms with E-state index in [2.05, 4.69) is 0 Å². The van der Waals surface area contributed by atoms with Gasteiger partial charge in [-0.3, -0.25) is 0 Å². The van der Waals surface area contributed by atoms with Gasteiger partial charge in [0.1, 0.15) is 12.1 Å². The van der Waals surface area contributed by atoms with E-state index >= 15 is 0 Å². The topological polar surface area (TPSA) is 78.2 Å². The molecule has 0 spiro atoms. The molecule has 0 aromatic carbocycles. The van der Waals surface area contributed by atoms with Gasteiger partial charge in [0.25, 0.3) is 0 Å². The third-order valence-electron chi connectivity index (χ3n) is 0. The van der Waals surface area contributed by atoms with E-state index < -0.39 is 0 Å². The van der Waals surface area contributed by atoms with Gasteiger partial charge in [-0.2, -0.15) is 5.26 Å². The summed E-state index contributed by atoms with van der Waals surface area (Å²) in [7, 11) is 1.00. The Bertz CT molecular complexity index is 112. The monoisotopic (exact) mass is 175 g/mol. The molecular formula is C8H17NO3. The lowest BCUT2D eigenvalue weighted by atomic mass is 10.6. The quantitative estimate of drug-likeness (QED) is 0.556. The molecule has 4 heteroatoms. The fraction of sp³-hybridized carbons (Fsp3) is 0.625. The summed E-state index contributed by atoms with van der Waals surface area (Å²) in [6.45, 7) is 5.93. The molecule has 0 aromatic rings. The average Bonchev–Trinajstić information content (AvgIpc) is 1.92. The van der Waals surface area contributed by atoms with E-state index in [1.807, 2.05) is 0 Å². The number of rotatable bonds is 0. The predicted molar refractivity (Wildman–Crippen MR) is 47.5 cm³/mol. The van der Waals surface area contributed by atoms with Crippen LogP contribution < -0.4 is 0 Å². The van der Waals surface area contributed by atoms with Crippen molar-refractivity contribution >= 4 is 12.1 Å². The van der Waals surface area contributed by atoms with Crippen LogP contribution in [0.2, 0.25) is 0 Å². The van der Waals surface area contributed by atoms with Crippen LogP contribution in [0.1, 0.15) is 27.7 Å². The number of aldehydes is 1. The third kappa shape index (κ3) is 364. The van der Waals surface area contributed by atoms with Crippen molar-refractivity contribution in [2.45, 2.75) is 27.7 Å². The maximum atomic E-state index is 9.44. The normalized spacial score (nSPS) is 4.42. The molecule has 0 aromatic heterocycles. The lowest BCUT2D eigenvalue weighted by molar-refractivity contribution is -0.115. The van der Waals surface area contributed by atoms with Crippen molar-refractivity contribution in [1.29, 1.82) is 5.26 Å². The van der Waals surface area contributed by atoms with E-state index in [0.29, 0.717) is 0 Å². The molecule has 0 bridgehead atoms. The molecule has 0 aliphatic carbocycles. The number of nitrogens with zero attached hydrogens (tertiary/aromatic N) is 1. The summed E-state index contributed by atoms with van der Waals surface area (Å²) >= 11 is 0. The first-order valence-corrected chi connectivity index (χ1v) is 3.19. The van der Waals surface area contributed by atoms with Crippen LogP contribution in [0, 0.1) is 11.3 Å². The van der Waals surface area contributed by atoms with Gasteiger partial charge >= 0.3 is 0 Å². The molecular weight excluding hydrogens is 158 g/mol. The van der Waals surface area contributed by atoms with Gasteiger partial charge in [-0.1, -0.05) is 0 Å². The van der Waals surface area contributed by atoms with Crippen molar-refractivity contribution in [3.05, 3.63) is 0 Å². The molecule has 0 radical (unpaired) electrons. The molecule has 0 unspecified atom stereocenters. The largest absolute Gasteiger partial charge is 0.400 e. The van der Waals surface area contributed by atoms with Gasteiger partial charge in [0, 0.05) is 14.0 Å². The van der Waals surface area contributed by atoms with Gasteiger partial charge in [-0.15, -0.1) is 0 Å². The van der Waals surface area contributed by atoms with E-state index in [4.69, 9.17) is 15.2 Å². The van der Waals surface area contributed by atoms with Crippen LogP contribution in [-0.2, 0) is 9.59 Å². The highest BCUT2D eigenvalue weighted by atomic mass is 16.2. The maximum Gasteiger partial charge on any atom is 0.126 e. The van der Waals surface area contributed by atoms with Crippen molar-refractivity contribution in [2.75, 3.05) is 7.11 Å². The minimum Gasteiger partial charge on any atom is -0.400 e. The second kappa shape index (κ2) is 52.7. The van der Waals surface area contributed by atoms with Crippen LogP contribution in [-0.4, -0.2) is 24.3 Å². The Balaban J connectivity index is -0.0000000368. The second-order valence-corrected chi connectivity index (χ2v) is 1.37. The van der Waals surface area contributed by atoms with Crippen molar-refractivity contribution < 1.29 is 14.7 Å². The minimum atomic E-state index is 0.167. The first-order chi connectivity index (χ1) is 5.56. The summed E-state index contributed by atoms with van der Waals surface area (Å²) in [6, 6.07) is 1.75. The van der Waals surface area contributed by atoms with E-state index in [1.54, 1.807) is 6.07 Å². The lowest BCUT2D eigenvalue weighted by Gasteiger charge is -1.56. The van der Waals surface area contributed by atoms with Gasteiger partial charge in [0.2, 0.25) is 0 Å². The Morgan fingerprint density at radius 3 is 1.42 bits per heavy atom. The van der Waals surface area contributed by atoms with Crippen molar-refractivity contribution in [3.8, 4) is 6.07 Å². The van der Waals surface area contributed by atoms with Gasteiger partial charge in [0.05, 0.1) is 6.07 Å². The number of hydrogen-bond acceptors (Lipinski definition) is 4. The summed E-state index contributed by atoms with van der Waals surface area (Å²) in [5.74, 6) is 0.167. The highest BCUT2D eigenvalue weighted by Crippen LogP contribution is 1.50. The lowest BCUT2D eigenvalue weighted by Crippen LogP contribution is -1.69. The van der Waals surface area contributed by atoms with Crippen molar-refractivity contribution in [1.82, 2.24) is 0 Å². The second-order valence-electron chi connectivity index (χ2n) is 1.37. The first-order valence-electron chi connectivity index (χ1n) is 3.19. The number of nitriles is 1. The standard InChI is InChI=1S/C3H6O.C2H3N.C2H4O.CH4O/c1-3(2)4;2*1-2-3;1-2/h1-2H3;1H3;2H,1H3;2H,1H3. The average molecular weight is 175 g/mol. The van der Waals surface area contributed by atoms with E-state index in [0.717, 1.165) is 13.4 Å². The first kappa shape index (κ1) is 22.4. The predicted octanol–water partition coefficient (Wildman–Crippen LogP) is 0.939. The highest BCUT2D eigenvalue weighted by Gasteiger charge is 1.62. The zero-order valence-corrected chi connectivity index (χ0v) is 8.29. The van der Waals surface area contributed by atoms with Gasteiger partial charge in [0.15, 0.2) is 0 Å². The number of ketones is 1. The van der Waals surface area contributed by atoms with Gasteiger partial charge in [-0.25, -0.2) is 0 Å². The molecule has 1 N–H and O–H groups in total. The van der Waals surface area contributed by atoms with Crippen LogP contribution in [0.4, 0.5) is 0 Å². The minimum absolute atomic E-state index is 0.167.